The molecule has 0 unspecified atom stereocenters. The average molecular weight is 428 g/mol. The van der Waals surface area contributed by atoms with E-state index in [1.54, 1.807) is 17.0 Å². The third kappa shape index (κ3) is 2.79. The zero-order valence-electron chi connectivity index (χ0n) is 17.4. The summed E-state index contributed by atoms with van der Waals surface area (Å²) in [5, 5.41) is 8.54. The lowest BCUT2D eigenvalue weighted by Crippen LogP contribution is -2.39. The van der Waals surface area contributed by atoms with E-state index < -0.39 is 0 Å². The number of nitrogens with one attached hydrogen (secondary N) is 1. The molecule has 0 bridgehead atoms. The summed E-state index contributed by atoms with van der Waals surface area (Å²) >= 11 is 0. The van der Waals surface area contributed by atoms with Crippen molar-refractivity contribution in [1.29, 1.82) is 0 Å². The van der Waals surface area contributed by atoms with Gasteiger partial charge in [-0.15, -0.1) is 10.2 Å². The third-order valence-electron chi connectivity index (χ3n) is 5.78. The maximum atomic E-state index is 13.1. The molecule has 10 heteroatoms. The number of rotatable bonds is 5. The van der Waals surface area contributed by atoms with Crippen molar-refractivity contribution < 1.29 is 0 Å². The summed E-state index contributed by atoms with van der Waals surface area (Å²) in [4.78, 5) is 38.0. The van der Waals surface area contributed by atoms with Crippen LogP contribution in [0.25, 0.3) is 39.6 Å². The molecule has 0 amide bonds. The highest BCUT2D eigenvalue weighted by Gasteiger charge is 2.30. The Morgan fingerprint density at radius 2 is 1.88 bits per heavy atom. The summed E-state index contributed by atoms with van der Waals surface area (Å²) < 4.78 is 4.86. The van der Waals surface area contributed by atoms with E-state index >= 15 is 0 Å². The first kappa shape index (κ1) is 18.7. The molecule has 6 rings (SSSR count). The van der Waals surface area contributed by atoms with Crippen LogP contribution < -0.4 is 11.2 Å². The number of aromatic nitrogens is 8. The zero-order chi connectivity index (χ0) is 21.8. The highest BCUT2D eigenvalue weighted by atomic mass is 16.2. The molecule has 0 atom stereocenters. The van der Waals surface area contributed by atoms with Crippen LogP contribution in [0.3, 0.4) is 0 Å². The highest BCUT2D eigenvalue weighted by Crippen LogP contribution is 2.32. The number of nitrogens with zero attached hydrogens (tertiary/aromatic N) is 7. The smallest absolute Gasteiger partial charge is 0.332 e. The van der Waals surface area contributed by atoms with Crippen molar-refractivity contribution in [3.8, 4) is 22.8 Å². The Bertz CT molecular complexity index is 1590. The predicted octanol–water partition coefficient (Wildman–Crippen LogP) is 2.40. The van der Waals surface area contributed by atoms with E-state index in [1.165, 1.54) is 4.57 Å². The Balaban J connectivity index is 1.56. The molecular weight excluding hydrogens is 408 g/mol. The van der Waals surface area contributed by atoms with Crippen molar-refractivity contribution in [1.82, 2.24) is 38.7 Å². The fourth-order valence-corrected chi connectivity index (χ4v) is 4.08. The Hall–Kier alpha value is -4.08. The van der Waals surface area contributed by atoms with Crippen LogP contribution in [0.15, 0.2) is 52.4 Å². The number of aromatic amines is 1. The van der Waals surface area contributed by atoms with Gasteiger partial charge in [-0.3, -0.25) is 23.3 Å². The minimum atomic E-state index is -0.304. The normalized spacial score (nSPS) is 13.9. The van der Waals surface area contributed by atoms with Gasteiger partial charge in [-0.25, -0.2) is 9.78 Å². The Labute approximate surface area is 181 Å². The van der Waals surface area contributed by atoms with Gasteiger partial charge in [0.2, 0.25) is 0 Å². The minimum absolute atomic E-state index is 0.00875. The van der Waals surface area contributed by atoms with Crippen LogP contribution in [0.2, 0.25) is 0 Å². The SMILES string of the molecule is CCCn1c(=O)n(C2CC2)c(=O)c2[nH]c(-c3ccc4nnc(-c5ccncc5)n4c3)nc21. The van der Waals surface area contributed by atoms with Gasteiger partial charge in [-0.1, -0.05) is 6.92 Å². The van der Waals surface area contributed by atoms with Gasteiger partial charge in [0.05, 0.1) is 0 Å². The first-order valence-electron chi connectivity index (χ1n) is 10.7. The van der Waals surface area contributed by atoms with E-state index in [4.69, 9.17) is 0 Å². The number of hydrogen-bond donors (Lipinski definition) is 1. The summed E-state index contributed by atoms with van der Waals surface area (Å²) in [5.74, 6) is 1.20. The lowest BCUT2D eigenvalue weighted by atomic mass is 10.2. The number of pyridine rings is 2. The fourth-order valence-electron chi connectivity index (χ4n) is 4.08. The fraction of sp³-hybridized carbons (Fsp3) is 0.273. The standard InChI is InChI=1S/C22H20N8O2/c1-2-11-28-20-17(21(31)30(22(28)32)15-4-5-15)24-18(25-20)14-3-6-16-26-27-19(29(16)12-14)13-7-9-23-10-8-13/h3,6-10,12,15H,2,4-5,11H2,1H3,(H,24,25). The van der Waals surface area contributed by atoms with Crippen LogP contribution in [-0.4, -0.2) is 38.7 Å². The van der Waals surface area contributed by atoms with E-state index in [2.05, 4.69) is 25.1 Å². The molecule has 160 valence electrons. The highest BCUT2D eigenvalue weighted by molar-refractivity contribution is 5.76. The molecule has 5 heterocycles. The van der Waals surface area contributed by atoms with E-state index in [1.807, 2.05) is 41.8 Å². The average Bonchev–Trinajstić information content (AvgIpc) is 3.39. The molecule has 0 radical (unpaired) electrons. The second kappa shape index (κ2) is 6.98. The molecule has 1 aliphatic carbocycles. The van der Waals surface area contributed by atoms with Gasteiger partial charge < -0.3 is 4.98 Å². The van der Waals surface area contributed by atoms with Crippen molar-refractivity contribution in [2.45, 2.75) is 38.8 Å². The topological polar surface area (TPSA) is 116 Å². The number of hydrogen-bond acceptors (Lipinski definition) is 6. The van der Waals surface area contributed by atoms with Gasteiger partial charge in [0, 0.05) is 42.3 Å². The molecule has 32 heavy (non-hydrogen) atoms. The molecule has 1 saturated carbocycles. The maximum Gasteiger partial charge on any atom is 0.333 e. The molecule has 5 aromatic rings. The summed E-state index contributed by atoms with van der Waals surface area (Å²) in [6.45, 7) is 2.50. The molecule has 10 nitrogen and oxygen atoms in total. The van der Waals surface area contributed by atoms with Crippen LogP contribution in [0.1, 0.15) is 32.2 Å². The van der Waals surface area contributed by atoms with Crippen molar-refractivity contribution >= 4 is 16.8 Å². The van der Waals surface area contributed by atoms with Gasteiger partial charge in [-0.2, -0.15) is 0 Å². The second-order valence-electron chi connectivity index (χ2n) is 8.03. The number of aryl methyl sites for hydroxylation is 1. The first-order valence-corrected chi connectivity index (χ1v) is 10.7. The molecular formula is C22H20N8O2. The lowest BCUT2D eigenvalue weighted by Gasteiger charge is -2.09. The maximum absolute atomic E-state index is 13.1. The van der Waals surface area contributed by atoms with Crippen molar-refractivity contribution in [3.05, 3.63) is 63.7 Å². The van der Waals surface area contributed by atoms with Crippen LogP contribution >= 0.6 is 0 Å². The van der Waals surface area contributed by atoms with Crippen LogP contribution in [0, 0.1) is 0 Å². The number of fused-ring (bicyclic) bond motifs is 2. The monoisotopic (exact) mass is 428 g/mol. The molecule has 1 aliphatic rings. The lowest BCUT2D eigenvalue weighted by molar-refractivity contribution is 0.571. The van der Waals surface area contributed by atoms with Crippen molar-refractivity contribution in [3.63, 3.8) is 0 Å². The van der Waals surface area contributed by atoms with Gasteiger partial charge in [0.25, 0.3) is 5.56 Å². The van der Waals surface area contributed by atoms with Crippen LogP contribution in [-0.2, 0) is 6.54 Å². The summed E-state index contributed by atoms with van der Waals surface area (Å²) in [5.41, 5.74) is 2.51. The van der Waals surface area contributed by atoms with Crippen LogP contribution in [0.5, 0.6) is 0 Å². The molecule has 0 spiro atoms. The minimum Gasteiger partial charge on any atom is -0.332 e. The Kier molecular flexibility index (Phi) is 4.07. The second-order valence-corrected chi connectivity index (χ2v) is 8.03. The number of imidazole rings is 1. The van der Waals surface area contributed by atoms with Crippen LogP contribution in [0.4, 0.5) is 0 Å². The zero-order valence-corrected chi connectivity index (χ0v) is 17.4. The summed E-state index contributed by atoms with van der Waals surface area (Å²) in [6.07, 6.45) is 7.77. The van der Waals surface area contributed by atoms with E-state index in [0.717, 1.165) is 30.4 Å². The quantitative estimate of drug-likeness (QED) is 0.460. The van der Waals surface area contributed by atoms with E-state index in [0.29, 0.717) is 35.0 Å². The van der Waals surface area contributed by atoms with Crippen molar-refractivity contribution in [2.75, 3.05) is 0 Å². The van der Waals surface area contributed by atoms with Gasteiger partial charge in [0.1, 0.15) is 11.3 Å². The molecule has 1 fully saturated rings. The van der Waals surface area contributed by atoms with E-state index in [9.17, 15) is 9.59 Å². The molecule has 0 aliphatic heterocycles. The summed E-state index contributed by atoms with van der Waals surface area (Å²) in [7, 11) is 0. The molecule has 0 aromatic carbocycles. The largest absolute Gasteiger partial charge is 0.333 e. The molecule has 0 saturated heterocycles. The van der Waals surface area contributed by atoms with Crippen molar-refractivity contribution in [2.24, 2.45) is 0 Å². The molecule has 5 aromatic heterocycles. The third-order valence-corrected chi connectivity index (χ3v) is 5.78. The summed E-state index contributed by atoms with van der Waals surface area (Å²) in [6, 6.07) is 7.45. The van der Waals surface area contributed by atoms with Gasteiger partial charge >= 0.3 is 5.69 Å². The number of H-pyrrole nitrogens is 1. The Morgan fingerprint density at radius 1 is 1.06 bits per heavy atom. The predicted molar refractivity (Wildman–Crippen MR) is 118 cm³/mol. The first-order chi connectivity index (χ1) is 15.7. The van der Waals surface area contributed by atoms with Gasteiger partial charge in [0.15, 0.2) is 17.1 Å². The Morgan fingerprint density at radius 3 is 2.62 bits per heavy atom. The molecule has 1 N–H and O–H groups in total. The van der Waals surface area contributed by atoms with E-state index in [-0.39, 0.29) is 17.3 Å². The van der Waals surface area contributed by atoms with Gasteiger partial charge in [-0.05, 0) is 43.5 Å².